The van der Waals surface area contributed by atoms with E-state index < -0.39 is 0 Å². The number of hydrogen-bond donors (Lipinski definition) is 2. The Morgan fingerprint density at radius 3 is 2.60 bits per heavy atom. The predicted molar refractivity (Wildman–Crippen MR) is 101 cm³/mol. The molecule has 0 spiro atoms. The summed E-state index contributed by atoms with van der Waals surface area (Å²) in [5.74, 6) is 1.02. The molecule has 1 amide bonds. The summed E-state index contributed by atoms with van der Waals surface area (Å²) in [5, 5.41) is 6.66. The van der Waals surface area contributed by atoms with Crippen molar-refractivity contribution in [2.45, 2.75) is 52.5 Å². The number of rotatable bonds is 12. The number of ether oxygens (including phenoxy) is 2. The summed E-state index contributed by atoms with van der Waals surface area (Å²) in [7, 11) is 0. The molecule has 25 heavy (non-hydrogen) atoms. The summed E-state index contributed by atoms with van der Waals surface area (Å²) in [4.78, 5) is 18.2. The molecule has 0 aliphatic carbocycles. The largest absolute Gasteiger partial charge is 0.379 e. The van der Waals surface area contributed by atoms with E-state index in [9.17, 15) is 4.79 Å². The number of amides is 1. The van der Waals surface area contributed by atoms with Gasteiger partial charge in [0.25, 0.3) is 0 Å². The van der Waals surface area contributed by atoms with Crippen molar-refractivity contribution in [1.82, 2.24) is 15.5 Å². The molecule has 0 aromatic rings. The summed E-state index contributed by atoms with van der Waals surface area (Å²) in [6.45, 7) is 11.7. The van der Waals surface area contributed by atoms with Crippen LogP contribution in [0, 0.1) is 0 Å². The van der Waals surface area contributed by atoms with Gasteiger partial charge in [0.05, 0.1) is 26.4 Å². The molecule has 1 saturated heterocycles. The Kier molecular flexibility index (Phi) is 12.1. The first-order chi connectivity index (χ1) is 12.2. The molecule has 7 heteroatoms. The van der Waals surface area contributed by atoms with Crippen LogP contribution in [0.2, 0.25) is 0 Å². The van der Waals surface area contributed by atoms with Crippen molar-refractivity contribution in [3.8, 4) is 0 Å². The zero-order chi connectivity index (χ0) is 18.3. The maximum absolute atomic E-state index is 11.8. The lowest BCUT2D eigenvalue weighted by Gasteiger charge is -2.18. The van der Waals surface area contributed by atoms with Gasteiger partial charge in [0.15, 0.2) is 5.96 Å². The van der Waals surface area contributed by atoms with Crippen LogP contribution in [0.4, 0.5) is 0 Å². The lowest BCUT2D eigenvalue weighted by Crippen LogP contribution is -2.45. The molecule has 1 heterocycles. The molecule has 0 saturated carbocycles. The van der Waals surface area contributed by atoms with Gasteiger partial charge >= 0.3 is 0 Å². The third-order valence-electron chi connectivity index (χ3n) is 4.05. The number of nitrogens with one attached hydrogen (secondary N) is 2. The van der Waals surface area contributed by atoms with Crippen LogP contribution in [0.15, 0.2) is 4.99 Å². The number of carbonyl (C=O) groups excluding carboxylic acids is 1. The average molecular weight is 357 g/mol. The quantitative estimate of drug-likeness (QED) is 0.314. The normalized spacial score (nSPS) is 17.8. The number of aliphatic imine (C=N–C) groups is 1. The Labute approximate surface area is 152 Å². The molecule has 7 nitrogen and oxygen atoms in total. The number of nitrogens with zero attached hydrogens (tertiary/aromatic N) is 2. The van der Waals surface area contributed by atoms with Gasteiger partial charge in [0.1, 0.15) is 0 Å². The predicted octanol–water partition coefficient (Wildman–Crippen LogP) is 1.39. The second-order valence-corrected chi connectivity index (χ2v) is 6.16. The van der Waals surface area contributed by atoms with Crippen molar-refractivity contribution < 1.29 is 14.3 Å². The fraction of sp³-hybridized carbons (Fsp3) is 0.889. The van der Waals surface area contributed by atoms with Gasteiger partial charge in [0.2, 0.25) is 5.91 Å². The third-order valence-corrected chi connectivity index (χ3v) is 4.05. The van der Waals surface area contributed by atoms with Crippen molar-refractivity contribution >= 4 is 11.9 Å². The van der Waals surface area contributed by atoms with Crippen LogP contribution >= 0.6 is 0 Å². The van der Waals surface area contributed by atoms with E-state index >= 15 is 0 Å². The molecule has 1 aliphatic rings. The van der Waals surface area contributed by atoms with Crippen molar-refractivity contribution in [1.29, 1.82) is 0 Å². The summed E-state index contributed by atoms with van der Waals surface area (Å²) in [6.07, 6.45) is 3.79. The molecule has 146 valence electrons. The van der Waals surface area contributed by atoms with E-state index in [1.165, 1.54) is 0 Å². The minimum absolute atomic E-state index is 0.223. The molecule has 0 aromatic heterocycles. The molecule has 0 aromatic carbocycles. The first kappa shape index (κ1) is 21.7. The Hall–Kier alpha value is -1.34. The van der Waals surface area contributed by atoms with Gasteiger partial charge in [-0.25, -0.2) is 0 Å². The molecule has 2 N–H and O–H groups in total. The molecule has 0 radical (unpaired) electrons. The molecule has 0 bridgehead atoms. The molecular weight excluding hydrogens is 320 g/mol. The van der Waals surface area contributed by atoms with Gasteiger partial charge in [0, 0.05) is 38.7 Å². The SMILES string of the molecule is CCCCOCCOCCN=C(NCC)NC1CCN(C(=O)CC)C1. The van der Waals surface area contributed by atoms with Gasteiger partial charge < -0.3 is 25.0 Å². The minimum Gasteiger partial charge on any atom is -0.379 e. The van der Waals surface area contributed by atoms with Crippen LogP contribution < -0.4 is 10.6 Å². The monoisotopic (exact) mass is 356 g/mol. The highest BCUT2D eigenvalue weighted by Crippen LogP contribution is 2.10. The first-order valence-corrected chi connectivity index (χ1v) is 9.69. The minimum atomic E-state index is 0.223. The van der Waals surface area contributed by atoms with E-state index in [2.05, 4.69) is 22.5 Å². The van der Waals surface area contributed by atoms with E-state index in [1.807, 2.05) is 18.7 Å². The maximum atomic E-state index is 11.8. The van der Waals surface area contributed by atoms with Crippen molar-refractivity contribution in [2.24, 2.45) is 4.99 Å². The van der Waals surface area contributed by atoms with E-state index in [0.29, 0.717) is 32.8 Å². The van der Waals surface area contributed by atoms with Gasteiger partial charge in [-0.1, -0.05) is 20.3 Å². The summed E-state index contributed by atoms with van der Waals surface area (Å²) in [5.41, 5.74) is 0. The van der Waals surface area contributed by atoms with Crippen LogP contribution in [0.5, 0.6) is 0 Å². The molecule has 1 aliphatic heterocycles. The number of guanidine groups is 1. The van der Waals surface area contributed by atoms with Crippen molar-refractivity contribution in [3.63, 3.8) is 0 Å². The average Bonchev–Trinajstić information content (AvgIpc) is 3.08. The fourth-order valence-electron chi connectivity index (χ4n) is 2.63. The van der Waals surface area contributed by atoms with Gasteiger partial charge in [-0.15, -0.1) is 0 Å². The zero-order valence-electron chi connectivity index (χ0n) is 16.2. The maximum Gasteiger partial charge on any atom is 0.222 e. The summed E-state index contributed by atoms with van der Waals surface area (Å²) < 4.78 is 11.0. The van der Waals surface area contributed by atoms with Gasteiger partial charge in [-0.3, -0.25) is 9.79 Å². The number of hydrogen-bond acceptors (Lipinski definition) is 4. The number of unbranched alkanes of at least 4 members (excludes halogenated alkanes) is 1. The summed E-state index contributed by atoms with van der Waals surface area (Å²) in [6, 6.07) is 0.265. The standard InChI is InChI=1S/C18H36N4O3/c1-4-7-11-24-13-14-25-12-9-20-18(19-6-3)21-16-8-10-22(15-16)17(23)5-2/h16H,4-15H2,1-3H3,(H2,19,20,21). The van der Waals surface area contributed by atoms with Crippen LogP contribution in [0.25, 0.3) is 0 Å². The molecule has 1 fully saturated rings. The third kappa shape index (κ3) is 9.65. The fourth-order valence-corrected chi connectivity index (χ4v) is 2.63. The van der Waals surface area contributed by atoms with Crippen molar-refractivity contribution in [2.75, 3.05) is 52.6 Å². The second kappa shape index (κ2) is 13.9. The highest BCUT2D eigenvalue weighted by Gasteiger charge is 2.25. The second-order valence-electron chi connectivity index (χ2n) is 6.16. The highest BCUT2D eigenvalue weighted by atomic mass is 16.5. The Bertz CT molecular complexity index is 391. The molecule has 1 atom stereocenters. The Morgan fingerprint density at radius 2 is 1.92 bits per heavy atom. The van der Waals surface area contributed by atoms with Crippen molar-refractivity contribution in [3.05, 3.63) is 0 Å². The Balaban J connectivity index is 2.20. The molecule has 1 unspecified atom stereocenters. The van der Waals surface area contributed by atoms with Crippen LogP contribution in [0.3, 0.4) is 0 Å². The van der Waals surface area contributed by atoms with Gasteiger partial charge in [-0.2, -0.15) is 0 Å². The van der Waals surface area contributed by atoms with E-state index in [4.69, 9.17) is 9.47 Å². The van der Waals surface area contributed by atoms with Crippen LogP contribution in [-0.4, -0.2) is 75.4 Å². The molecule has 1 rings (SSSR count). The smallest absolute Gasteiger partial charge is 0.222 e. The molecular formula is C18H36N4O3. The van der Waals surface area contributed by atoms with Crippen LogP contribution in [0.1, 0.15) is 46.5 Å². The van der Waals surface area contributed by atoms with Gasteiger partial charge in [-0.05, 0) is 19.8 Å². The van der Waals surface area contributed by atoms with E-state index in [-0.39, 0.29) is 11.9 Å². The number of carbonyl (C=O) groups is 1. The van der Waals surface area contributed by atoms with Crippen LogP contribution in [-0.2, 0) is 14.3 Å². The Morgan fingerprint density at radius 1 is 1.16 bits per heavy atom. The highest BCUT2D eigenvalue weighted by molar-refractivity contribution is 5.80. The zero-order valence-corrected chi connectivity index (χ0v) is 16.2. The van der Waals surface area contributed by atoms with E-state index in [1.54, 1.807) is 0 Å². The topological polar surface area (TPSA) is 75.2 Å². The summed E-state index contributed by atoms with van der Waals surface area (Å²) >= 11 is 0. The lowest BCUT2D eigenvalue weighted by atomic mass is 10.3. The first-order valence-electron chi connectivity index (χ1n) is 9.69. The number of likely N-dealkylation sites (tertiary alicyclic amines) is 1. The van der Waals surface area contributed by atoms with E-state index in [0.717, 1.165) is 51.5 Å². The lowest BCUT2D eigenvalue weighted by molar-refractivity contribution is -0.129.